The van der Waals surface area contributed by atoms with Crippen LogP contribution in [0.4, 0.5) is 4.39 Å². The van der Waals surface area contributed by atoms with Gasteiger partial charge in [0.25, 0.3) is 0 Å². The molecule has 0 radical (unpaired) electrons. The molecule has 3 nitrogen and oxygen atoms in total. The van der Waals surface area contributed by atoms with Gasteiger partial charge in [-0.2, -0.15) is 0 Å². The Morgan fingerprint density at radius 2 is 1.74 bits per heavy atom. The van der Waals surface area contributed by atoms with Crippen LogP contribution in [0.15, 0.2) is 54.6 Å². The molecule has 2 rings (SSSR count). The van der Waals surface area contributed by atoms with Gasteiger partial charge in [-0.15, -0.1) is 0 Å². The highest BCUT2D eigenvalue weighted by Crippen LogP contribution is 2.19. The van der Waals surface area contributed by atoms with Crippen molar-refractivity contribution in [2.24, 2.45) is 0 Å². The Balaban J connectivity index is 2.20. The van der Waals surface area contributed by atoms with Crippen molar-refractivity contribution < 1.29 is 13.2 Å². The van der Waals surface area contributed by atoms with Gasteiger partial charge in [0.05, 0.1) is 0 Å². The molecule has 100 valence electrons. The van der Waals surface area contributed by atoms with Gasteiger partial charge in [0.15, 0.2) is 0 Å². The molecule has 1 N–H and O–H groups in total. The molecule has 0 spiro atoms. The van der Waals surface area contributed by atoms with Crippen molar-refractivity contribution in [3.8, 4) is 0 Å². The zero-order valence-electron chi connectivity index (χ0n) is 10.1. The molecule has 0 aliphatic rings. The van der Waals surface area contributed by atoms with Crippen molar-refractivity contribution in [1.82, 2.24) is 4.72 Å². The van der Waals surface area contributed by atoms with Crippen molar-refractivity contribution >= 4 is 11.3 Å². The first-order chi connectivity index (χ1) is 9.15. The molecule has 0 aromatic heterocycles. The largest absolute Gasteiger partial charge is 0.760 e. The van der Waals surface area contributed by atoms with Gasteiger partial charge in [0, 0.05) is 17.3 Å². The van der Waals surface area contributed by atoms with Crippen LogP contribution < -0.4 is 4.72 Å². The molecule has 0 amide bonds. The SMILES string of the molecule is O=S([O-])NC(Cc1ccccc1)c1ccc(F)cc1. The van der Waals surface area contributed by atoms with Gasteiger partial charge in [-0.25, -0.2) is 9.11 Å². The number of halogens is 1. The molecule has 2 atom stereocenters. The van der Waals surface area contributed by atoms with E-state index in [1.54, 1.807) is 12.1 Å². The summed E-state index contributed by atoms with van der Waals surface area (Å²) in [7, 11) is 0. The van der Waals surface area contributed by atoms with Gasteiger partial charge in [-0.3, -0.25) is 4.21 Å². The maximum absolute atomic E-state index is 12.9. The van der Waals surface area contributed by atoms with Crippen LogP contribution in [0.1, 0.15) is 17.2 Å². The van der Waals surface area contributed by atoms with E-state index in [0.29, 0.717) is 6.42 Å². The lowest BCUT2D eigenvalue weighted by molar-refractivity contribution is 0.504. The molecule has 2 aromatic carbocycles. The normalized spacial score (nSPS) is 14.0. The van der Waals surface area contributed by atoms with Crippen molar-refractivity contribution in [2.45, 2.75) is 12.5 Å². The lowest BCUT2D eigenvalue weighted by Crippen LogP contribution is -2.25. The van der Waals surface area contributed by atoms with E-state index in [9.17, 15) is 13.2 Å². The van der Waals surface area contributed by atoms with Crippen molar-refractivity contribution in [1.29, 1.82) is 0 Å². The maximum Gasteiger partial charge on any atom is 0.123 e. The standard InChI is InChI=1S/C14H14FNO2S/c15-13-8-6-12(7-9-13)14(16-19(17)18)10-11-4-2-1-3-5-11/h1-9,14,16H,10H2,(H,17,18)/p-1. The van der Waals surface area contributed by atoms with E-state index >= 15 is 0 Å². The van der Waals surface area contributed by atoms with E-state index in [4.69, 9.17) is 0 Å². The Morgan fingerprint density at radius 3 is 2.32 bits per heavy atom. The van der Waals surface area contributed by atoms with Crippen LogP contribution in [0.2, 0.25) is 0 Å². The summed E-state index contributed by atoms with van der Waals surface area (Å²) < 4.78 is 37.1. The quantitative estimate of drug-likeness (QED) is 0.854. The van der Waals surface area contributed by atoms with Gasteiger partial charge in [-0.1, -0.05) is 42.5 Å². The molecule has 0 aliphatic carbocycles. The fourth-order valence-electron chi connectivity index (χ4n) is 1.89. The van der Waals surface area contributed by atoms with Crippen molar-refractivity contribution in [2.75, 3.05) is 0 Å². The number of nitrogens with one attached hydrogen (secondary N) is 1. The van der Waals surface area contributed by atoms with Gasteiger partial charge in [0.2, 0.25) is 0 Å². The summed E-state index contributed by atoms with van der Waals surface area (Å²) in [5, 5.41) is 0. The summed E-state index contributed by atoms with van der Waals surface area (Å²) in [5.41, 5.74) is 1.74. The molecule has 0 bridgehead atoms. The van der Waals surface area contributed by atoms with E-state index in [1.165, 1.54) is 12.1 Å². The summed E-state index contributed by atoms with van der Waals surface area (Å²) >= 11 is -2.37. The minimum Gasteiger partial charge on any atom is -0.760 e. The second-order valence-electron chi connectivity index (χ2n) is 4.15. The summed E-state index contributed by atoms with van der Waals surface area (Å²) in [5.74, 6) is -0.342. The van der Waals surface area contributed by atoms with E-state index < -0.39 is 17.3 Å². The van der Waals surface area contributed by atoms with Crippen LogP contribution in [0.3, 0.4) is 0 Å². The predicted molar refractivity (Wildman–Crippen MR) is 71.3 cm³/mol. The summed E-state index contributed by atoms with van der Waals surface area (Å²) in [6, 6.07) is 14.9. The molecule has 0 saturated carbocycles. The Kier molecular flexibility index (Phi) is 4.79. The van der Waals surface area contributed by atoms with Crippen LogP contribution in [0, 0.1) is 5.82 Å². The number of hydrogen-bond donors (Lipinski definition) is 1. The van der Waals surface area contributed by atoms with Crippen LogP contribution in [-0.2, 0) is 17.7 Å². The van der Waals surface area contributed by atoms with Gasteiger partial charge >= 0.3 is 0 Å². The van der Waals surface area contributed by atoms with Gasteiger partial charge in [0.1, 0.15) is 5.82 Å². The fraction of sp³-hybridized carbons (Fsp3) is 0.143. The number of benzene rings is 2. The highest BCUT2D eigenvalue weighted by molar-refractivity contribution is 7.77. The Hall–Kier alpha value is -1.56. The van der Waals surface area contributed by atoms with Crippen LogP contribution in [-0.4, -0.2) is 8.76 Å². The van der Waals surface area contributed by atoms with Crippen LogP contribution >= 0.6 is 0 Å². The molecular formula is C14H13FNO2S-. The first kappa shape index (κ1) is 13.9. The van der Waals surface area contributed by atoms with E-state index in [2.05, 4.69) is 4.72 Å². The van der Waals surface area contributed by atoms with Gasteiger partial charge in [-0.05, 0) is 29.7 Å². The third-order valence-corrected chi connectivity index (χ3v) is 3.27. The lowest BCUT2D eigenvalue weighted by Gasteiger charge is -2.20. The molecule has 0 saturated heterocycles. The van der Waals surface area contributed by atoms with E-state index in [-0.39, 0.29) is 5.82 Å². The minimum absolute atomic E-state index is 0.342. The number of hydrogen-bond acceptors (Lipinski definition) is 2. The lowest BCUT2D eigenvalue weighted by atomic mass is 10.00. The second kappa shape index (κ2) is 6.56. The van der Waals surface area contributed by atoms with Crippen LogP contribution in [0.25, 0.3) is 0 Å². The number of rotatable bonds is 5. The van der Waals surface area contributed by atoms with E-state index in [1.807, 2.05) is 30.3 Å². The fourth-order valence-corrected chi connectivity index (χ4v) is 2.34. The molecule has 0 aliphatic heterocycles. The summed E-state index contributed by atoms with van der Waals surface area (Å²) in [4.78, 5) is 0. The Morgan fingerprint density at radius 1 is 1.11 bits per heavy atom. The average molecular weight is 278 g/mol. The van der Waals surface area contributed by atoms with Crippen molar-refractivity contribution in [3.05, 3.63) is 71.5 Å². The van der Waals surface area contributed by atoms with Crippen molar-refractivity contribution in [3.63, 3.8) is 0 Å². The van der Waals surface area contributed by atoms with Crippen LogP contribution in [0.5, 0.6) is 0 Å². The molecule has 2 unspecified atom stereocenters. The third kappa shape index (κ3) is 4.24. The monoisotopic (exact) mass is 278 g/mol. The molecule has 2 aromatic rings. The second-order valence-corrected chi connectivity index (χ2v) is 4.85. The van der Waals surface area contributed by atoms with Gasteiger partial charge < -0.3 is 4.55 Å². The molecule has 5 heteroatoms. The molecular weight excluding hydrogens is 265 g/mol. The molecule has 19 heavy (non-hydrogen) atoms. The third-order valence-electron chi connectivity index (χ3n) is 2.79. The summed E-state index contributed by atoms with van der Waals surface area (Å²) in [6.45, 7) is 0. The molecule has 0 heterocycles. The predicted octanol–water partition coefficient (Wildman–Crippen LogP) is 2.49. The summed E-state index contributed by atoms with van der Waals surface area (Å²) in [6.07, 6.45) is 0.514. The first-order valence-electron chi connectivity index (χ1n) is 5.80. The smallest absolute Gasteiger partial charge is 0.123 e. The zero-order valence-corrected chi connectivity index (χ0v) is 10.9. The highest BCUT2D eigenvalue weighted by atomic mass is 32.2. The highest BCUT2D eigenvalue weighted by Gasteiger charge is 2.12. The topological polar surface area (TPSA) is 52.2 Å². The Labute approximate surface area is 113 Å². The Bertz CT molecular complexity index is 545. The zero-order chi connectivity index (χ0) is 13.7. The van der Waals surface area contributed by atoms with E-state index in [0.717, 1.165) is 11.1 Å². The average Bonchev–Trinajstić information content (AvgIpc) is 2.39. The minimum atomic E-state index is -2.37. The first-order valence-corrected chi connectivity index (χ1v) is 6.87. The molecule has 0 fully saturated rings. The maximum atomic E-state index is 12.9.